The van der Waals surface area contributed by atoms with Gasteiger partial charge in [-0.15, -0.1) is 0 Å². The fourth-order valence-corrected chi connectivity index (χ4v) is 2.76. The van der Waals surface area contributed by atoms with Crippen LogP contribution in [0.1, 0.15) is 38.8 Å². The molecule has 0 aliphatic rings. The van der Waals surface area contributed by atoms with Crippen LogP contribution in [0.25, 0.3) is 0 Å². The Kier molecular flexibility index (Phi) is 6.33. The van der Waals surface area contributed by atoms with Gasteiger partial charge in [0.2, 0.25) is 0 Å². The number of rotatable bonds is 6. The summed E-state index contributed by atoms with van der Waals surface area (Å²) in [5.74, 6) is 0.561. The summed E-state index contributed by atoms with van der Waals surface area (Å²) in [6.07, 6.45) is 0.541. The van der Waals surface area contributed by atoms with Crippen molar-refractivity contribution in [1.29, 1.82) is 5.26 Å². The number of nitrogens with two attached hydrogens (primary N) is 1. The molecule has 2 N–H and O–H groups in total. The molecule has 1 atom stereocenters. The van der Waals surface area contributed by atoms with Gasteiger partial charge in [0.15, 0.2) is 0 Å². The molecule has 0 fully saturated rings. The van der Waals surface area contributed by atoms with E-state index in [-0.39, 0.29) is 6.04 Å². The third kappa shape index (κ3) is 4.85. The Balaban J connectivity index is 2.96. The van der Waals surface area contributed by atoms with Gasteiger partial charge in [-0.2, -0.15) is 5.26 Å². The summed E-state index contributed by atoms with van der Waals surface area (Å²) in [6, 6.07) is 8.47. The molecule has 104 valence electrons. The van der Waals surface area contributed by atoms with E-state index >= 15 is 0 Å². The maximum atomic E-state index is 8.77. The Labute approximate surface area is 124 Å². The summed E-state index contributed by atoms with van der Waals surface area (Å²) in [4.78, 5) is 2.25. The number of anilines is 1. The van der Waals surface area contributed by atoms with E-state index in [1.165, 1.54) is 0 Å². The molecule has 3 nitrogen and oxygen atoms in total. The highest BCUT2D eigenvalue weighted by Crippen LogP contribution is 2.28. The van der Waals surface area contributed by atoms with Crippen molar-refractivity contribution in [3.63, 3.8) is 0 Å². The van der Waals surface area contributed by atoms with Gasteiger partial charge in [0.05, 0.1) is 12.5 Å². The lowest BCUT2D eigenvalue weighted by Gasteiger charge is -2.26. The van der Waals surface area contributed by atoms with Crippen LogP contribution in [0.2, 0.25) is 0 Å². The van der Waals surface area contributed by atoms with Gasteiger partial charge in [-0.05, 0) is 30.5 Å². The zero-order valence-electron chi connectivity index (χ0n) is 11.9. The van der Waals surface area contributed by atoms with E-state index in [4.69, 9.17) is 11.0 Å². The van der Waals surface area contributed by atoms with Crippen LogP contribution >= 0.6 is 15.9 Å². The van der Waals surface area contributed by atoms with Gasteiger partial charge in [0, 0.05) is 29.3 Å². The minimum absolute atomic E-state index is 0.0149. The molecule has 0 saturated carbocycles. The first-order chi connectivity index (χ1) is 8.95. The van der Waals surface area contributed by atoms with Crippen molar-refractivity contribution in [1.82, 2.24) is 0 Å². The Morgan fingerprint density at radius 1 is 1.37 bits per heavy atom. The lowest BCUT2D eigenvalue weighted by atomic mass is 10.1. The van der Waals surface area contributed by atoms with E-state index in [1.807, 2.05) is 6.92 Å². The topological polar surface area (TPSA) is 53.0 Å². The Morgan fingerprint density at radius 3 is 2.53 bits per heavy atom. The first-order valence-electron chi connectivity index (χ1n) is 6.62. The molecular weight excluding hydrogens is 302 g/mol. The van der Waals surface area contributed by atoms with Crippen molar-refractivity contribution in [3.05, 3.63) is 28.2 Å². The van der Waals surface area contributed by atoms with E-state index in [9.17, 15) is 0 Å². The largest absolute Gasteiger partial charge is 0.370 e. The van der Waals surface area contributed by atoms with Crippen LogP contribution in [0, 0.1) is 17.2 Å². The summed E-state index contributed by atoms with van der Waals surface area (Å²) in [7, 11) is 0. The predicted octanol–water partition coefficient (Wildman–Crippen LogP) is 3.84. The third-order valence-electron chi connectivity index (χ3n) is 2.92. The summed E-state index contributed by atoms with van der Waals surface area (Å²) >= 11 is 3.58. The molecule has 0 aliphatic carbocycles. The molecule has 0 spiro atoms. The molecule has 0 bridgehead atoms. The van der Waals surface area contributed by atoms with Crippen molar-refractivity contribution < 1.29 is 0 Å². The van der Waals surface area contributed by atoms with Crippen LogP contribution in [-0.2, 0) is 0 Å². The number of nitriles is 1. The lowest BCUT2D eigenvalue weighted by Crippen LogP contribution is -2.28. The van der Waals surface area contributed by atoms with Crippen molar-refractivity contribution in [3.8, 4) is 6.07 Å². The van der Waals surface area contributed by atoms with Gasteiger partial charge in [0.1, 0.15) is 0 Å². The summed E-state index contributed by atoms with van der Waals surface area (Å²) in [5, 5.41) is 8.77. The van der Waals surface area contributed by atoms with Gasteiger partial charge in [-0.1, -0.05) is 35.8 Å². The molecule has 0 radical (unpaired) electrons. The zero-order valence-corrected chi connectivity index (χ0v) is 13.4. The molecular formula is C15H22BrN3. The summed E-state index contributed by atoms with van der Waals surface area (Å²) < 4.78 is 1.03. The molecule has 1 aromatic carbocycles. The summed E-state index contributed by atoms with van der Waals surface area (Å²) in [6.45, 7) is 8.06. The number of hydrogen-bond acceptors (Lipinski definition) is 3. The molecule has 0 amide bonds. The highest BCUT2D eigenvalue weighted by Gasteiger charge is 2.11. The maximum absolute atomic E-state index is 8.77. The molecule has 1 rings (SSSR count). The normalized spacial score (nSPS) is 12.3. The highest BCUT2D eigenvalue weighted by molar-refractivity contribution is 9.10. The van der Waals surface area contributed by atoms with Gasteiger partial charge >= 0.3 is 0 Å². The number of nitrogens with zero attached hydrogens (tertiary/aromatic N) is 2. The Hall–Kier alpha value is -1.05. The maximum Gasteiger partial charge on any atom is 0.0640 e. The van der Waals surface area contributed by atoms with Crippen LogP contribution in [0.3, 0.4) is 0 Å². The minimum atomic E-state index is 0.0149. The second kappa shape index (κ2) is 7.52. The van der Waals surface area contributed by atoms with E-state index in [0.29, 0.717) is 12.3 Å². The van der Waals surface area contributed by atoms with E-state index in [1.54, 1.807) is 0 Å². The fourth-order valence-electron chi connectivity index (χ4n) is 2.03. The van der Waals surface area contributed by atoms with Gasteiger partial charge in [-0.25, -0.2) is 0 Å². The Morgan fingerprint density at radius 2 is 2.05 bits per heavy atom. The predicted molar refractivity (Wildman–Crippen MR) is 84.0 cm³/mol. The molecule has 0 unspecified atom stereocenters. The van der Waals surface area contributed by atoms with E-state index < -0.39 is 0 Å². The van der Waals surface area contributed by atoms with Crippen molar-refractivity contribution in [2.24, 2.45) is 11.7 Å². The second-order valence-electron chi connectivity index (χ2n) is 5.24. The third-order valence-corrected chi connectivity index (χ3v) is 3.61. The van der Waals surface area contributed by atoms with Crippen LogP contribution in [0.5, 0.6) is 0 Å². The van der Waals surface area contributed by atoms with Crippen molar-refractivity contribution in [2.45, 2.75) is 33.2 Å². The van der Waals surface area contributed by atoms with E-state index in [2.05, 4.69) is 58.9 Å². The summed E-state index contributed by atoms with van der Waals surface area (Å²) in [5.41, 5.74) is 8.16. The second-order valence-corrected chi connectivity index (χ2v) is 6.10. The molecule has 0 aromatic heterocycles. The molecule has 0 aliphatic heterocycles. The quantitative estimate of drug-likeness (QED) is 0.865. The molecule has 0 saturated heterocycles. The van der Waals surface area contributed by atoms with Crippen molar-refractivity contribution >= 4 is 21.6 Å². The Bertz CT molecular complexity index is 449. The minimum Gasteiger partial charge on any atom is -0.370 e. The van der Waals surface area contributed by atoms with Crippen LogP contribution < -0.4 is 10.6 Å². The molecule has 19 heavy (non-hydrogen) atoms. The van der Waals surface area contributed by atoms with Crippen LogP contribution in [-0.4, -0.2) is 13.1 Å². The smallest absolute Gasteiger partial charge is 0.0640 e. The SMILES string of the molecule is CC(C)CN(CCC#N)c1ccc([C@H](C)N)c(Br)c1. The van der Waals surface area contributed by atoms with E-state index in [0.717, 1.165) is 28.8 Å². The molecule has 1 aromatic rings. The first kappa shape index (κ1) is 16.0. The lowest BCUT2D eigenvalue weighted by molar-refractivity contribution is 0.612. The van der Waals surface area contributed by atoms with Crippen molar-refractivity contribution in [2.75, 3.05) is 18.0 Å². The number of halogens is 1. The van der Waals surface area contributed by atoms with Gasteiger partial charge < -0.3 is 10.6 Å². The average Bonchev–Trinajstić information content (AvgIpc) is 2.33. The monoisotopic (exact) mass is 323 g/mol. The standard InChI is InChI=1S/C15H22BrN3/c1-11(2)10-19(8-4-7-17)13-5-6-14(12(3)18)15(16)9-13/h5-6,9,11-12H,4,8,10,18H2,1-3H3/t12-/m0/s1. The first-order valence-corrected chi connectivity index (χ1v) is 7.42. The van der Waals surface area contributed by atoms with Gasteiger partial charge in [0.25, 0.3) is 0 Å². The zero-order chi connectivity index (χ0) is 14.4. The van der Waals surface area contributed by atoms with Crippen LogP contribution in [0.4, 0.5) is 5.69 Å². The van der Waals surface area contributed by atoms with Crippen LogP contribution in [0.15, 0.2) is 22.7 Å². The molecule has 4 heteroatoms. The highest BCUT2D eigenvalue weighted by atomic mass is 79.9. The van der Waals surface area contributed by atoms with Gasteiger partial charge in [-0.3, -0.25) is 0 Å². The number of benzene rings is 1. The molecule has 0 heterocycles. The average molecular weight is 324 g/mol. The fraction of sp³-hybridized carbons (Fsp3) is 0.533. The number of hydrogen-bond donors (Lipinski definition) is 1.